The van der Waals surface area contributed by atoms with Crippen LogP contribution in [-0.4, -0.2) is 60.2 Å². The van der Waals surface area contributed by atoms with Gasteiger partial charge in [0, 0.05) is 48.1 Å². The Labute approximate surface area is 881 Å². The van der Waals surface area contributed by atoms with Crippen molar-refractivity contribution in [3.8, 4) is 0 Å². The molecule has 0 radical (unpaired) electrons. The maximum Gasteiger partial charge on any atom is 0.497 e. The van der Waals surface area contributed by atoms with E-state index < -0.39 is 76.6 Å². The fourth-order valence-corrected chi connectivity index (χ4v) is 21.1. The van der Waals surface area contributed by atoms with Gasteiger partial charge in [0.15, 0.2) is 79.3 Å². The van der Waals surface area contributed by atoms with Crippen LogP contribution in [-0.2, 0) is 44.6 Å². The number of hydrogen-bond donors (Lipinski definition) is 7. The zero-order valence-electron chi connectivity index (χ0n) is 73.4. The molecule has 14 rings (SSSR count). The fourth-order valence-electron chi connectivity index (χ4n) is 11.3. The standard InChI is InChI=1S/C17H23BFNO2S.C17H22BrFO2S.C14H9BrF2N2OS.C12H8Br2F2N2S2.C11H11BrFNS.C8H6BrF2NS.C7H4BrFN2S.C6H4BrF2N/c1-6-7-8-13-20-12-10-9-11(14(19)15(12)23-13)18-21-16(2,3)17(4,5)22-18;1-3-5-7-13(20)11-12-9-10-14(18)16(19)17(12)22-15(21)8-6-4-2;15-9-6-7-10(12(17)11(9)16)18-14(21)19-13(20)8-4-2-1-3-5-8;13-5-1-3-7(17)11(9(5)15)19-20-12-8(18)4-2-6(14)10(12)16;1-2-3-4-9-14-8-6-5-7(12)10(13)11(8)15-9;9-5-2-1-4(3-6(12)13)7(10)8(5)11;8-3-1-2-4-6(5(3)9)12-7(10)11-4;7-3-1-2-4(10)6(9)5(3)8/h9-10H,6-8H2,1-5H3;9-10H,3-8,11H2,1-2H3;1-7H,(H2,18,19,20,21);1-4H,17-18H2;5-6H,2-4H2,1H3;1-2H,3H2,(H2,12,13);1-2H,(H2,10,11);1-2H,10H2. The third kappa shape index (κ3) is 33.7. The second kappa shape index (κ2) is 55.9. The molecule has 0 unspecified atom stereocenters. The van der Waals surface area contributed by atoms with Gasteiger partial charge in [-0.05, 0) is 353 Å². The van der Waals surface area contributed by atoms with Crippen LogP contribution in [0.5, 0.6) is 0 Å². The molecule has 1 amide bonds. The molecule has 726 valence electrons. The molecule has 12 N–H and O–H groups in total. The van der Waals surface area contributed by atoms with Gasteiger partial charge in [0.05, 0.1) is 119 Å². The number of thiazole rings is 3. The number of carbonyl (C=O) groups excluding carboxylic acids is 3. The molecular formula is C92H87BBr8F12N10O5S8. The highest BCUT2D eigenvalue weighted by atomic mass is 79.9. The number of fused-ring (bicyclic) bond motifs is 3. The van der Waals surface area contributed by atoms with Crippen molar-refractivity contribution in [2.24, 2.45) is 5.73 Å². The molecule has 44 heteroatoms. The summed E-state index contributed by atoms with van der Waals surface area (Å²) in [5.74, 6) is -8.36. The van der Waals surface area contributed by atoms with Gasteiger partial charge in [-0.25, -0.2) is 67.6 Å². The normalized spacial score (nSPS) is 12.1. The van der Waals surface area contributed by atoms with Crippen LogP contribution in [0.3, 0.4) is 0 Å². The lowest BCUT2D eigenvalue weighted by Gasteiger charge is -2.32. The van der Waals surface area contributed by atoms with E-state index in [0.717, 1.165) is 130 Å². The van der Waals surface area contributed by atoms with Crippen LogP contribution in [0.15, 0.2) is 190 Å². The molecule has 1 fully saturated rings. The summed E-state index contributed by atoms with van der Waals surface area (Å²) >= 11 is 38.6. The number of nitrogen functional groups attached to an aromatic ring is 4. The average molecular weight is 2550 g/mol. The first kappa shape index (κ1) is 117. The molecule has 4 heterocycles. The molecule has 1 aliphatic rings. The van der Waals surface area contributed by atoms with Crippen LogP contribution in [0, 0.1) is 69.8 Å². The van der Waals surface area contributed by atoms with Gasteiger partial charge in [0.1, 0.15) is 11.6 Å². The second-order valence-electron chi connectivity index (χ2n) is 30.0. The third-order valence-corrected chi connectivity index (χ3v) is 31.2. The lowest BCUT2D eigenvalue weighted by Crippen LogP contribution is -2.41. The van der Waals surface area contributed by atoms with Crippen molar-refractivity contribution in [2.45, 2.75) is 171 Å². The van der Waals surface area contributed by atoms with Gasteiger partial charge in [-0.15, -0.1) is 22.7 Å². The number of thiocarbonyl (C=S) groups is 2. The number of hydrogen-bond acceptors (Lipinski definition) is 20. The van der Waals surface area contributed by atoms with Crippen molar-refractivity contribution >= 4 is 317 Å². The van der Waals surface area contributed by atoms with E-state index in [-0.39, 0.29) is 103 Å². The maximum atomic E-state index is 15.0. The highest BCUT2D eigenvalue weighted by molar-refractivity contribution is 9.11. The zero-order valence-corrected chi connectivity index (χ0v) is 92.6. The van der Waals surface area contributed by atoms with E-state index in [0.29, 0.717) is 81.4 Å². The van der Waals surface area contributed by atoms with Crippen LogP contribution in [0.1, 0.15) is 151 Å². The summed E-state index contributed by atoms with van der Waals surface area (Å²) in [5, 5.41) is 7.07. The Kier molecular flexibility index (Phi) is 48.0. The molecule has 0 spiro atoms. The van der Waals surface area contributed by atoms with Gasteiger partial charge in [-0.3, -0.25) is 19.7 Å². The quantitative estimate of drug-likeness (QED) is 0.00597. The molecule has 15 nitrogen and oxygen atoms in total. The number of halogens is 20. The van der Waals surface area contributed by atoms with E-state index in [1.54, 1.807) is 78.9 Å². The number of unbranched alkanes of at least 4 members (excludes halogenated alkanes) is 4. The van der Waals surface area contributed by atoms with Crippen molar-refractivity contribution < 1.29 is 76.4 Å². The number of thioether (sulfide) groups is 1. The Balaban J connectivity index is 0.000000215. The number of benzene rings is 10. The lowest BCUT2D eigenvalue weighted by atomic mass is 9.78. The SMILES string of the molecule is CCCCC(=O)Cc1ccc(Br)c(F)c1SC(=O)CCCC.CCCCc1nc2ccc(B3OC(C)(C)C(C)(C)O3)c(F)c2s1.CCCCc1nc2ccc(Br)c(F)c2s1.NC(=S)Cc1ccc(Br)c(F)c1F.Nc1ccc(Br)c(F)c1F.Nc1ccc(Br)c(F)c1SSc1c(N)ccc(Br)c1F.Nc1nc2ccc(Br)c(F)c2s1.O=C(NC(=S)Nc1ccc(Br)c(F)c1F)c1ccccc1. The number of nitrogens with zero attached hydrogens (tertiary/aromatic N) is 3. The number of ketones is 1. The number of anilines is 5. The van der Waals surface area contributed by atoms with E-state index >= 15 is 0 Å². The van der Waals surface area contributed by atoms with Crippen molar-refractivity contribution in [3.05, 3.63) is 272 Å². The van der Waals surface area contributed by atoms with Gasteiger partial charge in [0.25, 0.3) is 5.91 Å². The Morgan fingerprint density at radius 3 is 1.31 bits per heavy atom. The van der Waals surface area contributed by atoms with E-state index in [9.17, 15) is 67.1 Å². The van der Waals surface area contributed by atoms with Crippen molar-refractivity contribution in [1.29, 1.82) is 0 Å². The number of carbonyl (C=O) groups is 3. The van der Waals surface area contributed by atoms with E-state index in [1.165, 1.54) is 71.2 Å². The molecule has 1 saturated heterocycles. The highest BCUT2D eigenvalue weighted by Gasteiger charge is 2.52. The topological polar surface area (TPSA) is 263 Å². The van der Waals surface area contributed by atoms with E-state index in [4.69, 9.17) is 50.2 Å². The predicted molar refractivity (Wildman–Crippen MR) is 570 cm³/mol. The summed E-state index contributed by atoms with van der Waals surface area (Å²) in [4.78, 5) is 49.5. The highest BCUT2D eigenvalue weighted by Crippen LogP contribution is 2.47. The lowest BCUT2D eigenvalue weighted by molar-refractivity contribution is -0.118. The van der Waals surface area contributed by atoms with E-state index in [1.807, 2.05) is 53.7 Å². The summed E-state index contributed by atoms with van der Waals surface area (Å²) in [7, 11) is 1.37. The number of nitrogens with two attached hydrogens (primary N) is 5. The van der Waals surface area contributed by atoms with Crippen LogP contribution in [0.25, 0.3) is 30.6 Å². The number of aryl methyl sites for hydroxylation is 2. The summed E-state index contributed by atoms with van der Waals surface area (Å²) in [6.45, 7) is 16.2. The van der Waals surface area contributed by atoms with Crippen molar-refractivity contribution in [1.82, 2.24) is 20.3 Å². The van der Waals surface area contributed by atoms with Crippen LogP contribution >= 0.6 is 219 Å². The van der Waals surface area contributed by atoms with Gasteiger partial charge >= 0.3 is 7.12 Å². The zero-order chi connectivity index (χ0) is 101. The summed E-state index contributed by atoms with van der Waals surface area (Å²) in [5.41, 5.74) is 30.2. The molecule has 0 saturated carbocycles. The van der Waals surface area contributed by atoms with Gasteiger partial charge in [0.2, 0.25) is 0 Å². The van der Waals surface area contributed by atoms with Crippen LogP contribution in [0.4, 0.5) is 80.6 Å². The average Bonchev–Trinajstić information content (AvgIpc) is 1.60. The molecule has 0 atom stereocenters. The van der Waals surface area contributed by atoms with Gasteiger partial charge in [-0.2, -0.15) is 0 Å². The number of nitrogens with one attached hydrogen (secondary N) is 2. The second-order valence-corrected chi connectivity index (χ2v) is 44.2. The monoisotopic (exact) mass is 2540 g/mol. The molecular weight excluding hydrogens is 2460 g/mol. The molecule has 136 heavy (non-hydrogen) atoms. The number of amides is 1. The largest absolute Gasteiger partial charge is 0.497 e. The van der Waals surface area contributed by atoms with Crippen molar-refractivity contribution in [3.63, 3.8) is 0 Å². The van der Waals surface area contributed by atoms with Crippen LogP contribution in [0.2, 0.25) is 0 Å². The minimum atomic E-state index is -1.08. The minimum Gasteiger partial charge on any atom is -0.399 e. The first-order valence-electron chi connectivity index (χ1n) is 41.0. The van der Waals surface area contributed by atoms with Crippen LogP contribution < -0.4 is 44.8 Å². The predicted octanol–water partition coefficient (Wildman–Crippen LogP) is 31.3. The Bertz CT molecular complexity index is 6310. The smallest absolute Gasteiger partial charge is 0.399 e. The fraction of sp³-hybridized carbons (Fsp3) is 0.261. The summed E-state index contributed by atoms with van der Waals surface area (Å²) in [6.07, 6.45) is 11.0. The molecule has 13 aromatic rings. The number of aromatic nitrogens is 3. The molecule has 10 aromatic carbocycles. The maximum absolute atomic E-state index is 15.0. The van der Waals surface area contributed by atoms with Crippen molar-refractivity contribution in [2.75, 3.05) is 28.3 Å². The van der Waals surface area contributed by atoms with E-state index in [2.05, 4.69) is 179 Å². The first-order valence-corrected chi connectivity index (χ1v) is 53.6. The van der Waals surface area contributed by atoms with Gasteiger partial charge < -0.3 is 43.3 Å². The van der Waals surface area contributed by atoms with Gasteiger partial charge in [-0.1, -0.05) is 113 Å². The molecule has 0 bridgehead atoms. The number of Topliss-reactive ketones (excluding diaryl/α,β-unsaturated/α-hetero) is 1. The number of rotatable bonds is 23. The Morgan fingerprint density at radius 2 is 0.824 bits per heavy atom. The first-order chi connectivity index (χ1) is 64.2. The molecule has 1 aliphatic heterocycles. The Morgan fingerprint density at radius 1 is 0.426 bits per heavy atom. The molecule has 0 aliphatic carbocycles. The third-order valence-electron chi connectivity index (χ3n) is 19.3. The Hall–Kier alpha value is -6.31. The minimum absolute atomic E-state index is 0.00443. The summed E-state index contributed by atoms with van der Waals surface area (Å²) in [6, 6.07) is 36.6. The molecule has 3 aromatic heterocycles. The summed E-state index contributed by atoms with van der Waals surface area (Å²) < 4.78 is 178.